The first-order chi connectivity index (χ1) is 12.6. The molecule has 27 heavy (non-hydrogen) atoms. The van der Waals surface area contributed by atoms with Crippen LogP contribution in [0.4, 0.5) is 0 Å². The Balaban J connectivity index is 1.81. The smallest absolute Gasteiger partial charge is 0.270 e. The number of piperazine rings is 1. The van der Waals surface area contributed by atoms with Crippen molar-refractivity contribution >= 4 is 31.9 Å². The van der Waals surface area contributed by atoms with Gasteiger partial charge in [0.2, 0.25) is 10.0 Å². The first kappa shape index (κ1) is 20.1. The number of amides is 1. The Hall–Kier alpha value is -1.64. The Labute approximate surface area is 168 Å². The van der Waals surface area contributed by atoms with Crippen LogP contribution in [-0.4, -0.2) is 54.7 Å². The van der Waals surface area contributed by atoms with E-state index < -0.39 is 10.0 Å². The number of aromatic amines is 1. The maximum Gasteiger partial charge on any atom is 0.270 e. The molecular weight excluding hydrogens is 430 g/mol. The zero-order chi connectivity index (χ0) is 19.9. The van der Waals surface area contributed by atoms with Crippen molar-refractivity contribution in [2.45, 2.75) is 32.6 Å². The van der Waals surface area contributed by atoms with Gasteiger partial charge in [-0.2, -0.15) is 4.31 Å². The molecule has 1 aliphatic rings. The summed E-state index contributed by atoms with van der Waals surface area (Å²) in [5.74, 6) is -0.114. The van der Waals surface area contributed by atoms with Gasteiger partial charge in [-0.25, -0.2) is 8.42 Å². The van der Waals surface area contributed by atoms with E-state index in [0.29, 0.717) is 36.8 Å². The van der Waals surface area contributed by atoms with Crippen LogP contribution in [0.1, 0.15) is 32.7 Å². The van der Waals surface area contributed by atoms with E-state index in [4.69, 9.17) is 0 Å². The molecule has 1 aromatic heterocycles. The average Bonchev–Trinajstić information content (AvgIpc) is 3.06. The zero-order valence-corrected chi connectivity index (χ0v) is 18.4. The lowest BCUT2D eigenvalue weighted by molar-refractivity contribution is 0.0692. The van der Waals surface area contributed by atoms with E-state index in [1.165, 1.54) is 4.31 Å². The van der Waals surface area contributed by atoms with Crippen molar-refractivity contribution in [3.63, 3.8) is 0 Å². The number of aryl methyl sites for hydroxylation is 2. The quantitative estimate of drug-likeness (QED) is 0.775. The van der Waals surface area contributed by atoms with Crippen molar-refractivity contribution in [2.75, 3.05) is 26.2 Å². The number of hydrogen-bond donors (Lipinski definition) is 1. The zero-order valence-electron chi connectivity index (χ0n) is 16.0. The largest absolute Gasteiger partial charge is 0.356 e. The minimum absolute atomic E-state index is 0.114. The Morgan fingerprint density at radius 2 is 1.56 bits per heavy atom. The number of halogens is 1. The van der Waals surface area contributed by atoms with Gasteiger partial charge in [0.25, 0.3) is 5.91 Å². The van der Waals surface area contributed by atoms with Crippen LogP contribution in [0.15, 0.2) is 27.7 Å². The van der Waals surface area contributed by atoms with Crippen LogP contribution >= 0.6 is 15.9 Å². The number of benzene rings is 1. The van der Waals surface area contributed by atoms with Gasteiger partial charge in [-0.3, -0.25) is 4.79 Å². The first-order valence-corrected chi connectivity index (χ1v) is 11.1. The molecule has 1 amide bonds. The molecule has 0 aliphatic carbocycles. The van der Waals surface area contributed by atoms with Gasteiger partial charge < -0.3 is 9.88 Å². The molecule has 0 spiro atoms. The Morgan fingerprint density at radius 3 is 2.04 bits per heavy atom. The van der Waals surface area contributed by atoms with E-state index >= 15 is 0 Å². The summed E-state index contributed by atoms with van der Waals surface area (Å²) in [6, 6.07) is 3.75. The summed E-state index contributed by atoms with van der Waals surface area (Å²) in [5, 5.41) is 0. The molecule has 1 N–H and O–H groups in total. The molecule has 2 heterocycles. The Bertz CT molecular complexity index is 964. The Morgan fingerprint density at radius 1 is 1.00 bits per heavy atom. The predicted molar refractivity (Wildman–Crippen MR) is 109 cm³/mol. The molecule has 0 bridgehead atoms. The number of aromatic nitrogens is 1. The van der Waals surface area contributed by atoms with Crippen LogP contribution in [0, 0.1) is 27.7 Å². The van der Waals surface area contributed by atoms with Gasteiger partial charge in [0.05, 0.1) is 4.90 Å². The minimum Gasteiger partial charge on any atom is -0.356 e. The van der Waals surface area contributed by atoms with Crippen molar-refractivity contribution in [3.05, 3.63) is 50.8 Å². The van der Waals surface area contributed by atoms with Crippen LogP contribution < -0.4 is 0 Å². The van der Waals surface area contributed by atoms with Gasteiger partial charge in [0.15, 0.2) is 0 Å². The number of nitrogens with zero attached hydrogens (tertiary/aromatic N) is 2. The molecule has 0 unspecified atom stereocenters. The van der Waals surface area contributed by atoms with Crippen molar-refractivity contribution in [3.8, 4) is 0 Å². The second-order valence-electron chi connectivity index (χ2n) is 7.02. The van der Waals surface area contributed by atoms with Crippen LogP contribution in [0.25, 0.3) is 0 Å². The number of nitrogens with one attached hydrogen (secondary N) is 1. The van der Waals surface area contributed by atoms with Gasteiger partial charge in [-0.05, 0) is 71.9 Å². The van der Waals surface area contributed by atoms with E-state index in [9.17, 15) is 13.2 Å². The highest BCUT2D eigenvalue weighted by Gasteiger charge is 2.33. The summed E-state index contributed by atoms with van der Waals surface area (Å²) >= 11 is 3.32. The van der Waals surface area contributed by atoms with E-state index in [2.05, 4.69) is 20.9 Å². The SMILES string of the molecule is Cc1cc(C)c(C)c(S(=O)(=O)N2CCN(C(=O)c3cc(Br)c[nH]3)CC2)c1C. The van der Waals surface area contributed by atoms with Crippen LogP contribution in [-0.2, 0) is 10.0 Å². The maximum absolute atomic E-state index is 13.3. The second-order valence-corrected chi connectivity index (χ2v) is 9.81. The minimum atomic E-state index is -3.60. The van der Waals surface area contributed by atoms with E-state index in [1.807, 2.05) is 33.8 Å². The third kappa shape index (κ3) is 3.70. The number of rotatable bonds is 3. The maximum atomic E-state index is 13.3. The summed E-state index contributed by atoms with van der Waals surface area (Å²) in [7, 11) is -3.60. The summed E-state index contributed by atoms with van der Waals surface area (Å²) in [5.41, 5.74) is 4.05. The normalized spacial score (nSPS) is 16.0. The number of H-pyrrole nitrogens is 1. The fourth-order valence-electron chi connectivity index (χ4n) is 3.49. The average molecular weight is 454 g/mol. The molecule has 2 aromatic rings. The molecule has 0 atom stereocenters. The van der Waals surface area contributed by atoms with Gasteiger partial charge in [0, 0.05) is 36.8 Å². The van der Waals surface area contributed by atoms with E-state index in [1.54, 1.807) is 17.2 Å². The topological polar surface area (TPSA) is 73.5 Å². The second kappa shape index (κ2) is 7.41. The lowest BCUT2D eigenvalue weighted by Gasteiger charge is -2.34. The van der Waals surface area contributed by atoms with Gasteiger partial charge in [0.1, 0.15) is 5.69 Å². The molecule has 0 saturated carbocycles. The number of sulfonamides is 1. The molecule has 1 fully saturated rings. The highest BCUT2D eigenvalue weighted by atomic mass is 79.9. The van der Waals surface area contributed by atoms with Crippen molar-refractivity contribution < 1.29 is 13.2 Å². The molecule has 8 heteroatoms. The summed E-state index contributed by atoms with van der Waals surface area (Å²) in [6.45, 7) is 8.92. The predicted octanol–water partition coefficient (Wildman–Crippen LogP) is 3.16. The van der Waals surface area contributed by atoms with E-state index in [-0.39, 0.29) is 5.91 Å². The summed E-state index contributed by atoms with van der Waals surface area (Å²) in [4.78, 5) is 17.6. The molecule has 0 radical (unpaired) electrons. The first-order valence-electron chi connectivity index (χ1n) is 8.83. The lowest BCUT2D eigenvalue weighted by atomic mass is 10.0. The van der Waals surface area contributed by atoms with Crippen molar-refractivity contribution in [1.82, 2.24) is 14.2 Å². The van der Waals surface area contributed by atoms with Gasteiger partial charge >= 0.3 is 0 Å². The van der Waals surface area contributed by atoms with Gasteiger partial charge in [-0.1, -0.05) is 6.07 Å². The van der Waals surface area contributed by atoms with Gasteiger partial charge in [-0.15, -0.1) is 0 Å². The number of carbonyl (C=O) groups is 1. The molecule has 3 rings (SSSR count). The highest BCUT2D eigenvalue weighted by Crippen LogP contribution is 2.29. The van der Waals surface area contributed by atoms with Crippen LogP contribution in [0.2, 0.25) is 0 Å². The van der Waals surface area contributed by atoms with Crippen molar-refractivity contribution in [1.29, 1.82) is 0 Å². The standard InChI is InChI=1S/C19H24BrN3O3S/c1-12-9-13(2)15(4)18(14(12)3)27(25,26)23-7-5-22(6-8-23)19(24)17-10-16(20)11-21-17/h9-11,21H,5-8H2,1-4H3. The third-order valence-corrected chi connectivity index (χ3v) is 7.93. The monoisotopic (exact) mass is 453 g/mol. The van der Waals surface area contributed by atoms with Crippen LogP contribution in [0.5, 0.6) is 0 Å². The summed E-state index contributed by atoms with van der Waals surface area (Å²) < 4.78 is 28.9. The van der Waals surface area contributed by atoms with Crippen molar-refractivity contribution in [2.24, 2.45) is 0 Å². The fourth-order valence-corrected chi connectivity index (χ4v) is 5.83. The van der Waals surface area contributed by atoms with E-state index in [0.717, 1.165) is 26.7 Å². The molecule has 1 aromatic carbocycles. The highest BCUT2D eigenvalue weighted by molar-refractivity contribution is 9.10. The number of hydrogen-bond acceptors (Lipinski definition) is 3. The van der Waals surface area contributed by atoms with Crippen LogP contribution in [0.3, 0.4) is 0 Å². The molecule has 1 aliphatic heterocycles. The molecular formula is C19H24BrN3O3S. The fraction of sp³-hybridized carbons (Fsp3) is 0.421. The summed E-state index contributed by atoms with van der Waals surface area (Å²) in [6.07, 6.45) is 1.71. The lowest BCUT2D eigenvalue weighted by Crippen LogP contribution is -2.50. The number of carbonyl (C=O) groups excluding carboxylic acids is 1. The Kier molecular flexibility index (Phi) is 5.52. The molecule has 146 valence electrons. The molecule has 6 nitrogen and oxygen atoms in total. The molecule has 1 saturated heterocycles. The third-order valence-electron chi connectivity index (χ3n) is 5.30.